The van der Waals surface area contributed by atoms with Crippen LogP contribution in [0.4, 0.5) is 0 Å². The van der Waals surface area contributed by atoms with Crippen LogP contribution >= 0.6 is 0 Å². The third-order valence-electron chi connectivity index (χ3n) is 1.84. The van der Waals surface area contributed by atoms with Crippen molar-refractivity contribution in [2.75, 3.05) is 13.2 Å². The molecule has 0 aromatic heterocycles. The van der Waals surface area contributed by atoms with E-state index in [-0.39, 0.29) is 25.0 Å². The lowest BCUT2D eigenvalue weighted by molar-refractivity contribution is -0.171. The highest BCUT2D eigenvalue weighted by Gasteiger charge is 2.29. The SMILES string of the molecule is CC(=O)NC(C)C(=O)N1C[C@@H](O)CO1. The second kappa shape index (κ2) is 4.39. The fraction of sp³-hybridized carbons (Fsp3) is 0.750. The predicted molar refractivity (Wildman–Crippen MR) is 47.0 cm³/mol. The van der Waals surface area contributed by atoms with E-state index in [9.17, 15) is 9.59 Å². The highest BCUT2D eigenvalue weighted by molar-refractivity contribution is 5.85. The third kappa shape index (κ3) is 2.68. The van der Waals surface area contributed by atoms with Crippen molar-refractivity contribution in [2.45, 2.75) is 26.0 Å². The summed E-state index contributed by atoms with van der Waals surface area (Å²) in [6.07, 6.45) is -0.636. The summed E-state index contributed by atoms with van der Waals surface area (Å²) in [6, 6.07) is -0.627. The molecule has 0 bridgehead atoms. The van der Waals surface area contributed by atoms with E-state index in [4.69, 9.17) is 9.94 Å². The molecule has 0 spiro atoms. The summed E-state index contributed by atoms with van der Waals surface area (Å²) in [5, 5.41) is 12.6. The molecule has 1 saturated heterocycles. The number of nitrogens with one attached hydrogen (secondary N) is 1. The molecule has 0 saturated carbocycles. The molecule has 80 valence electrons. The molecule has 1 aliphatic heterocycles. The van der Waals surface area contributed by atoms with Crippen LogP contribution in [0, 0.1) is 0 Å². The molecule has 1 fully saturated rings. The van der Waals surface area contributed by atoms with Gasteiger partial charge in [-0.3, -0.25) is 14.4 Å². The molecule has 0 aromatic carbocycles. The van der Waals surface area contributed by atoms with Crippen LogP contribution in [0.2, 0.25) is 0 Å². The van der Waals surface area contributed by atoms with E-state index in [0.717, 1.165) is 5.06 Å². The molecule has 0 aliphatic carbocycles. The van der Waals surface area contributed by atoms with E-state index in [1.54, 1.807) is 6.92 Å². The van der Waals surface area contributed by atoms with Gasteiger partial charge in [-0.05, 0) is 6.92 Å². The van der Waals surface area contributed by atoms with Gasteiger partial charge in [0.1, 0.15) is 18.8 Å². The number of β-amino-alcohol motifs (C(OH)–C–C–N with tert-alkyl or cyclic N) is 1. The molecule has 1 unspecified atom stereocenters. The van der Waals surface area contributed by atoms with Crippen LogP contribution in [0.3, 0.4) is 0 Å². The van der Waals surface area contributed by atoms with Gasteiger partial charge < -0.3 is 10.4 Å². The first-order valence-electron chi connectivity index (χ1n) is 4.40. The van der Waals surface area contributed by atoms with Gasteiger partial charge in [-0.2, -0.15) is 0 Å². The number of carbonyl (C=O) groups is 2. The van der Waals surface area contributed by atoms with Gasteiger partial charge in [0.2, 0.25) is 5.91 Å². The van der Waals surface area contributed by atoms with Crippen LogP contribution in [0.25, 0.3) is 0 Å². The molecule has 14 heavy (non-hydrogen) atoms. The Labute approximate surface area is 81.8 Å². The normalized spacial score (nSPS) is 23.4. The molecule has 1 aliphatic rings. The first kappa shape index (κ1) is 10.9. The van der Waals surface area contributed by atoms with Crippen LogP contribution in [0.15, 0.2) is 0 Å². The minimum atomic E-state index is -0.636. The first-order valence-corrected chi connectivity index (χ1v) is 4.40. The summed E-state index contributed by atoms with van der Waals surface area (Å²) in [7, 11) is 0. The van der Waals surface area contributed by atoms with E-state index in [0.29, 0.717) is 0 Å². The fourth-order valence-corrected chi connectivity index (χ4v) is 1.21. The van der Waals surface area contributed by atoms with Gasteiger partial charge in [0.15, 0.2) is 0 Å². The van der Waals surface area contributed by atoms with Crippen LogP contribution in [0.5, 0.6) is 0 Å². The van der Waals surface area contributed by atoms with Gasteiger partial charge in [-0.1, -0.05) is 0 Å². The zero-order chi connectivity index (χ0) is 10.7. The number of rotatable bonds is 2. The highest BCUT2D eigenvalue weighted by Crippen LogP contribution is 2.07. The molecule has 6 heteroatoms. The second-order valence-electron chi connectivity index (χ2n) is 3.27. The summed E-state index contributed by atoms with van der Waals surface area (Å²) in [5.74, 6) is -0.623. The molecule has 0 radical (unpaired) electrons. The Morgan fingerprint density at radius 3 is 2.71 bits per heavy atom. The smallest absolute Gasteiger partial charge is 0.268 e. The zero-order valence-corrected chi connectivity index (χ0v) is 8.19. The average molecular weight is 202 g/mol. The summed E-state index contributed by atoms with van der Waals surface area (Å²) < 4.78 is 0. The fourth-order valence-electron chi connectivity index (χ4n) is 1.21. The van der Waals surface area contributed by atoms with Crippen molar-refractivity contribution in [1.82, 2.24) is 10.4 Å². The molecular weight excluding hydrogens is 188 g/mol. The molecule has 6 nitrogen and oxygen atoms in total. The van der Waals surface area contributed by atoms with Crippen molar-refractivity contribution in [2.24, 2.45) is 0 Å². The lowest BCUT2D eigenvalue weighted by Crippen LogP contribution is -2.45. The van der Waals surface area contributed by atoms with Gasteiger partial charge in [0.05, 0.1) is 6.54 Å². The summed E-state index contributed by atoms with van der Waals surface area (Å²) in [4.78, 5) is 27.1. The quantitative estimate of drug-likeness (QED) is 0.580. The van der Waals surface area contributed by atoms with Crippen molar-refractivity contribution in [3.63, 3.8) is 0 Å². The average Bonchev–Trinajstić information content (AvgIpc) is 2.49. The number of aliphatic hydroxyl groups excluding tert-OH is 1. The Morgan fingerprint density at radius 2 is 2.29 bits per heavy atom. The van der Waals surface area contributed by atoms with Gasteiger partial charge in [0, 0.05) is 6.92 Å². The monoisotopic (exact) mass is 202 g/mol. The maximum absolute atomic E-state index is 11.5. The lowest BCUT2D eigenvalue weighted by Gasteiger charge is -2.18. The molecule has 1 rings (SSSR count). The van der Waals surface area contributed by atoms with Crippen molar-refractivity contribution < 1.29 is 19.5 Å². The number of hydrogen-bond donors (Lipinski definition) is 2. The second-order valence-corrected chi connectivity index (χ2v) is 3.27. The Morgan fingerprint density at radius 1 is 1.64 bits per heavy atom. The topological polar surface area (TPSA) is 78.9 Å². The van der Waals surface area contributed by atoms with Gasteiger partial charge in [-0.25, -0.2) is 5.06 Å². The molecule has 2 amide bonds. The van der Waals surface area contributed by atoms with E-state index in [2.05, 4.69) is 5.32 Å². The summed E-state index contributed by atoms with van der Waals surface area (Å²) in [5.41, 5.74) is 0. The Kier molecular flexibility index (Phi) is 3.43. The van der Waals surface area contributed by atoms with Gasteiger partial charge >= 0.3 is 0 Å². The Bertz CT molecular complexity index is 243. The first-order chi connectivity index (χ1) is 6.50. The summed E-state index contributed by atoms with van der Waals surface area (Å²) in [6.45, 7) is 3.18. The number of amides is 2. The number of nitrogens with zero attached hydrogens (tertiary/aromatic N) is 1. The van der Waals surface area contributed by atoms with Crippen LogP contribution in [-0.2, 0) is 14.4 Å². The third-order valence-corrected chi connectivity index (χ3v) is 1.84. The largest absolute Gasteiger partial charge is 0.389 e. The molecule has 2 N–H and O–H groups in total. The van der Waals surface area contributed by atoms with Crippen LogP contribution < -0.4 is 5.32 Å². The minimum Gasteiger partial charge on any atom is -0.389 e. The zero-order valence-electron chi connectivity index (χ0n) is 8.19. The van der Waals surface area contributed by atoms with Crippen molar-refractivity contribution in [1.29, 1.82) is 0 Å². The van der Waals surface area contributed by atoms with E-state index in [1.165, 1.54) is 6.92 Å². The summed E-state index contributed by atoms with van der Waals surface area (Å²) >= 11 is 0. The predicted octanol–water partition coefficient (Wildman–Crippen LogP) is -1.35. The van der Waals surface area contributed by atoms with E-state index in [1.807, 2.05) is 0 Å². The maximum Gasteiger partial charge on any atom is 0.268 e. The molecule has 0 aromatic rings. The standard InChI is InChI=1S/C8H14N2O4/c1-5(9-6(2)11)8(13)10-3-7(12)4-14-10/h5,7,12H,3-4H2,1-2H3,(H,9,11)/t5?,7-/m1/s1. The molecule has 2 atom stereocenters. The van der Waals surface area contributed by atoms with Crippen LogP contribution in [-0.4, -0.2) is 47.3 Å². The van der Waals surface area contributed by atoms with E-state index >= 15 is 0 Å². The molecular formula is C8H14N2O4. The number of aliphatic hydroxyl groups is 1. The number of hydroxylamine groups is 2. The number of carbonyl (C=O) groups excluding carboxylic acids is 2. The minimum absolute atomic E-state index is 0.124. The van der Waals surface area contributed by atoms with E-state index < -0.39 is 12.1 Å². The van der Waals surface area contributed by atoms with Crippen molar-refractivity contribution >= 4 is 11.8 Å². The Balaban J connectivity index is 2.44. The number of hydrogen-bond acceptors (Lipinski definition) is 4. The van der Waals surface area contributed by atoms with Crippen molar-refractivity contribution in [3.05, 3.63) is 0 Å². The lowest BCUT2D eigenvalue weighted by atomic mass is 10.3. The maximum atomic E-state index is 11.5. The van der Waals surface area contributed by atoms with Crippen molar-refractivity contribution in [3.8, 4) is 0 Å². The van der Waals surface area contributed by atoms with Gasteiger partial charge in [0.25, 0.3) is 5.91 Å². The highest BCUT2D eigenvalue weighted by atomic mass is 16.7. The van der Waals surface area contributed by atoms with Crippen LogP contribution in [0.1, 0.15) is 13.8 Å². The molecule has 1 heterocycles. The Hall–Kier alpha value is -1.14. The van der Waals surface area contributed by atoms with Gasteiger partial charge in [-0.15, -0.1) is 0 Å².